The predicted molar refractivity (Wildman–Crippen MR) is 77.0 cm³/mol. The molecule has 20 heavy (non-hydrogen) atoms. The summed E-state index contributed by atoms with van der Waals surface area (Å²) in [6.07, 6.45) is 1.88. The van der Waals surface area contributed by atoms with E-state index in [0.29, 0.717) is 23.8 Å². The van der Waals surface area contributed by atoms with E-state index >= 15 is 0 Å². The van der Waals surface area contributed by atoms with Gasteiger partial charge in [0, 0.05) is 32.6 Å². The first-order valence-corrected chi connectivity index (χ1v) is 9.13. The van der Waals surface area contributed by atoms with Gasteiger partial charge in [-0.2, -0.15) is 4.31 Å². The monoisotopic (exact) mass is 314 g/mol. The molecule has 0 bridgehead atoms. The Kier molecular flexibility index (Phi) is 3.60. The van der Waals surface area contributed by atoms with Crippen LogP contribution in [0.15, 0.2) is 21.7 Å². The third-order valence-electron chi connectivity index (χ3n) is 4.23. The third-order valence-corrected chi connectivity index (χ3v) is 7.53. The van der Waals surface area contributed by atoms with Crippen LogP contribution in [0, 0.1) is 5.92 Å². The molecule has 2 aliphatic rings. The molecular weight excluding hydrogens is 296 g/mol. The lowest BCUT2D eigenvalue weighted by Crippen LogP contribution is -2.48. The van der Waals surface area contributed by atoms with Gasteiger partial charge in [-0.3, -0.25) is 4.79 Å². The number of nitrogens with zero attached hydrogens (tertiary/aromatic N) is 2. The van der Waals surface area contributed by atoms with Crippen molar-refractivity contribution in [3.05, 3.63) is 17.5 Å². The molecule has 2 atom stereocenters. The molecule has 2 saturated heterocycles. The van der Waals surface area contributed by atoms with Crippen molar-refractivity contribution in [1.29, 1.82) is 0 Å². The highest BCUT2D eigenvalue weighted by molar-refractivity contribution is 7.91. The Labute approximate surface area is 123 Å². The van der Waals surface area contributed by atoms with Gasteiger partial charge in [-0.25, -0.2) is 8.42 Å². The summed E-state index contributed by atoms with van der Waals surface area (Å²) < 4.78 is 27.4. The lowest BCUT2D eigenvalue weighted by molar-refractivity contribution is -0.128. The van der Waals surface area contributed by atoms with Gasteiger partial charge in [0.25, 0.3) is 10.0 Å². The van der Waals surface area contributed by atoms with E-state index in [-0.39, 0.29) is 17.9 Å². The molecule has 1 aromatic heterocycles. The van der Waals surface area contributed by atoms with Crippen LogP contribution in [-0.2, 0) is 14.8 Å². The quantitative estimate of drug-likeness (QED) is 0.828. The number of fused-ring (bicyclic) bond motifs is 1. The van der Waals surface area contributed by atoms with E-state index in [1.807, 2.05) is 0 Å². The smallest absolute Gasteiger partial charge is 0.252 e. The molecule has 1 aromatic rings. The number of thiophene rings is 1. The van der Waals surface area contributed by atoms with Gasteiger partial charge < -0.3 is 4.90 Å². The average Bonchev–Trinajstić information content (AvgIpc) is 3.07. The van der Waals surface area contributed by atoms with Gasteiger partial charge >= 0.3 is 0 Å². The minimum Gasteiger partial charge on any atom is -0.341 e. The second-order valence-electron chi connectivity index (χ2n) is 5.44. The Balaban J connectivity index is 1.89. The Morgan fingerprint density at radius 2 is 2.20 bits per heavy atom. The van der Waals surface area contributed by atoms with E-state index in [1.54, 1.807) is 33.6 Å². The minimum atomic E-state index is -3.41. The molecule has 2 aliphatic heterocycles. The van der Waals surface area contributed by atoms with Crippen molar-refractivity contribution in [2.24, 2.45) is 5.92 Å². The molecule has 110 valence electrons. The summed E-state index contributed by atoms with van der Waals surface area (Å²) in [5, 5.41) is 1.78. The number of hydrogen-bond acceptors (Lipinski definition) is 4. The summed E-state index contributed by atoms with van der Waals surface area (Å²) in [5.41, 5.74) is 0. The fourth-order valence-electron chi connectivity index (χ4n) is 3.22. The largest absolute Gasteiger partial charge is 0.341 e. The van der Waals surface area contributed by atoms with E-state index in [9.17, 15) is 13.2 Å². The van der Waals surface area contributed by atoms with Gasteiger partial charge in [0.05, 0.1) is 0 Å². The zero-order chi connectivity index (χ0) is 14.3. The minimum absolute atomic E-state index is 0.0351. The van der Waals surface area contributed by atoms with Crippen LogP contribution in [0.3, 0.4) is 0 Å². The zero-order valence-electron chi connectivity index (χ0n) is 11.4. The van der Waals surface area contributed by atoms with Crippen LogP contribution >= 0.6 is 11.3 Å². The predicted octanol–water partition coefficient (Wildman–Crippen LogP) is 1.38. The van der Waals surface area contributed by atoms with Crippen molar-refractivity contribution in [2.45, 2.75) is 30.0 Å². The number of piperidine rings is 1. The standard InChI is InChI=1S/C13H18N2O3S2/c1-10(16)14-8-11-4-2-6-15(12(11)9-14)20(17,18)13-5-3-7-19-13/h3,5,7,11-12H,2,4,6,8-9H2,1H3/t11-,12+/m1/s1. The molecule has 0 saturated carbocycles. The molecule has 0 aromatic carbocycles. The summed E-state index contributed by atoms with van der Waals surface area (Å²) in [7, 11) is -3.41. The maximum Gasteiger partial charge on any atom is 0.252 e. The highest BCUT2D eigenvalue weighted by Gasteiger charge is 2.44. The highest BCUT2D eigenvalue weighted by atomic mass is 32.2. The van der Waals surface area contributed by atoms with Crippen LogP contribution in [0.4, 0.5) is 0 Å². The second-order valence-corrected chi connectivity index (χ2v) is 8.51. The molecule has 3 rings (SSSR count). The molecule has 2 fully saturated rings. The van der Waals surface area contributed by atoms with E-state index in [1.165, 1.54) is 11.3 Å². The summed E-state index contributed by atoms with van der Waals surface area (Å²) in [6.45, 7) is 3.34. The fourth-order valence-corrected chi connectivity index (χ4v) is 6.06. The van der Waals surface area contributed by atoms with E-state index in [4.69, 9.17) is 0 Å². The molecule has 1 amide bonds. The van der Waals surface area contributed by atoms with Crippen molar-refractivity contribution in [2.75, 3.05) is 19.6 Å². The number of amides is 1. The Morgan fingerprint density at radius 1 is 1.40 bits per heavy atom. The zero-order valence-corrected chi connectivity index (χ0v) is 13.0. The maximum atomic E-state index is 12.7. The van der Waals surface area contributed by atoms with E-state index < -0.39 is 10.0 Å². The lowest BCUT2D eigenvalue weighted by Gasteiger charge is -2.35. The molecule has 3 heterocycles. The van der Waals surface area contributed by atoms with Crippen LogP contribution in [-0.4, -0.2) is 49.2 Å². The fraction of sp³-hybridized carbons (Fsp3) is 0.615. The molecule has 0 radical (unpaired) electrons. The first-order valence-electron chi connectivity index (χ1n) is 6.81. The van der Waals surface area contributed by atoms with Crippen LogP contribution in [0.1, 0.15) is 19.8 Å². The Hall–Kier alpha value is -0.920. The maximum absolute atomic E-state index is 12.7. The Morgan fingerprint density at radius 3 is 2.85 bits per heavy atom. The number of carbonyl (C=O) groups excluding carboxylic acids is 1. The van der Waals surface area contributed by atoms with Crippen LogP contribution in [0.25, 0.3) is 0 Å². The Bertz CT molecular complexity index is 597. The van der Waals surface area contributed by atoms with Crippen LogP contribution < -0.4 is 0 Å². The van der Waals surface area contributed by atoms with Crippen molar-refractivity contribution in [3.63, 3.8) is 0 Å². The SMILES string of the molecule is CC(=O)N1C[C@H]2CCCN(S(=O)(=O)c3cccs3)[C@H]2C1. The first-order chi connectivity index (χ1) is 9.50. The lowest BCUT2D eigenvalue weighted by atomic mass is 9.94. The molecule has 0 aliphatic carbocycles. The van der Waals surface area contributed by atoms with E-state index in [0.717, 1.165) is 12.8 Å². The molecule has 0 N–H and O–H groups in total. The van der Waals surface area contributed by atoms with Gasteiger partial charge in [-0.05, 0) is 30.2 Å². The molecule has 7 heteroatoms. The third kappa shape index (κ3) is 2.27. The molecule has 0 spiro atoms. The van der Waals surface area contributed by atoms with Crippen LogP contribution in [0.5, 0.6) is 0 Å². The number of rotatable bonds is 2. The first kappa shape index (κ1) is 14.0. The molecular formula is C13H18N2O3S2. The number of hydrogen-bond donors (Lipinski definition) is 0. The second kappa shape index (κ2) is 5.13. The average molecular weight is 314 g/mol. The topological polar surface area (TPSA) is 57.7 Å². The van der Waals surface area contributed by atoms with Gasteiger partial charge in [0.15, 0.2) is 0 Å². The van der Waals surface area contributed by atoms with Crippen molar-refractivity contribution < 1.29 is 13.2 Å². The van der Waals surface area contributed by atoms with E-state index in [2.05, 4.69) is 0 Å². The summed E-state index contributed by atoms with van der Waals surface area (Å²) in [4.78, 5) is 13.3. The number of carbonyl (C=O) groups is 1. The summed E-state index contributed by atoms with van der Waals surface area (Å²) in [6, 6.07) is 3.36. The van der Waals surface area contributed by atoms with Crippen molar-refractivity contribution in [3.8, 4) is 0 Å². The summed E-state index contributed by atoms with van der Waals surface area (Å²) in [5.74, 6) is 0.315. The molecule has 0 unspecified atom stereocenters. The van der Waals surface area contributed by atoms with Crippen molar-refractivity contribution in [1.82, 2.24) is 9.21 Å². The van der Waals surface area contributed by atoms with Crippen molar-refractivity contribution >= 4 is 27.3 Å². The van der Waals surface area contributed by atoms with Gasteiger partial charge in [-0.15, -0.1) is 11.3 Å². The molecule has 5 nitrogen and oxygen atoms in total. The van der Waals surface area contributed by atoms with Gasteiger partial charge in [-0.1, -0.05) is 6.07 Å². The number of likely N-dealkylation sites (tertiary alicyclic amines) is 1. The normalized spacial score (nSPS) is 27.6. The van der Waals surface area contributed by atoms with Gasteiger partial charge in [0.1, 0.15) is 4.21 Å². The van der Waals surface area contributed by atoms with Gasteiger partial charge in [0.2, 0.25) is 5.91 Å². The highest BCUT2D eigenvalue weighted by Crippen LogP contribution is 2.35. The van der Waals surface area contributed by atoms with Crippen LogP contribution in [0.2, 0.25) is 0 Å². The number of sulfonamides is 1. The summed E-state index contributed by atoms with van der Waals surface area (Å²) >= 11 is 1.25.